The molecule has 2 atom stereocenters. The smallest absolute Gasteiger partial charge is 0.127 e. The van der Waals surface area contributed by atoms with Gasteiger partial charge in [-0.15, -0.1) is 0 Å². The van der Waals surface area contributed by atoms with Gasteiger partial charge in [0.25, 0.3) is 0 Å². The summed E-state index contributed by atoms with van der Waals surface area (Å²) in [6.07, 6.45) is 1.13. The number of halogens is 1. The van der Waals surface area contributed by atoms with Crippen molar-refractivity contribution in [3.63, 3.8) is 0 Å². The summed E-state index contributed by atoms with van der Waals surface area (Å²) in [6.45, 7) is 8.32. The van der Waals surface area contributed by atoms with Crippen LogP contribution >= 0.6 is 0 Å². The van der Waals surface area contributed by atoms with Crippen LogP contribution in [0.5, 0.6) is 0 Å². The monoisotopic (exact) mass is 250 g/mol. The second kappa shape index (κ2) is 6.30. The molecular formula is C15H23FN2. The van der Waals surface area contributed by atoms with Crippen molar-refractivity contribution in [3.05, 3.63) is 35.6 Å². The van der Waals surface area contributed by atoms with E-state index in [1.54, 1.807) is 12.1 Å². The van der Waals surface area contributed by atoms with Crippen LogP contribution in [0.3, 0.4) is 0 Å². The quantitative estimate of drug-likeness (QED) is 0.868. The third-order valence-corrected chi connectivity index (χ3v) is 3.61. The number of rotatable bonds is 2. The second-order valence-electron chi connectivity index (χ2n) is 5.53. The fourth-order valence-corrected chi connectivity index (χ4v) is 2.49. The molecule has 1 aromatic carbocycles. The normalized spacial score (nSPS) is 26.6. The summed E-state index contributed by atoms with van der Waals surface area (Å²) in [5.74, 6) is 0.526. The van der Waals surface area contributed by atoms with Gasteiger partial charge in [0.15, 0.2) is 0 Å². The summed E-state index contributed by atoms with van der Waals surface area (Å²) in [4.78, 5) is 2.38. The molecule has 1 aliphatic rings. The third kappa shape index (κ3) is 3.79. The van der Waals surface area contributed by atoms with Crippen molar-refractivity contribution in [3.8, 4) is 0 Å². The molecule has 18 heavy (non-hydrogen) atoms. The van der Waals surface area contributed by atoms with E-state index in [1.807, 2.05) is 12.1 Å². The molecule has 1 heterocycles. The first-order valence-electron chi connectivity index (χ1n) is 6.84. The van der Waals surface area contributed by atoms with Crippen molar-refractivity contribution in [2.75, 3.05) is 19.6 Å². The van der Waals surface area contributed by atoms with Gasteiger partial charge in [-0.2, -0.15) is 0 Å². The zero-order valence-electron chi connectivity index (χ0n) is 11.3. The predicted molar refractivity (Wildman–Crippen MR) is 72.9 cm³/mol. The third-order valence-electron chi connectivity index (χ3n) is 3.61. The van der Waals surface area contributed by atoms with E-state index in [0.29, 0.717) is 12.0 Å². The van der Waals surface area contributed by atoms with E-state index in [-0.39, 0.29) is 5.82 Å². The van der Waals surface area contributed by atoms with E-state index in [4.69, 9.17) is 0 Å². The minimum Gasteiger partial charge on any atom is -0.314 e. The Bertz CT molecular complexity index is 381. The Morgan fingerprint density at radius 1 is 1.33 bits per heavy atom. The molecule has 1 saturated heterocycles. The summed E-state index contributed by atoms with van der Waals surface area (Å²) in [5, 5.41) is 3.53. The Labute approximate surface area is 109 Å². The van der Waals surface area contributed by atoms with E-state index in [2.05, 4.69) is 24.1 Å². The van der Waals surface area contributed by atoms with Crippen molar-refractivity contribution < 1.29 is 4.39 Å². The Balaban J connectivity index is 2.00. The highest BCUT2D eigenvalue weighted by molar-refractivity contribution is 5.17. The van der Waals surface area contributed by atoms with Crippen LogP contribution in [0.15, 0.2) is 24.3 Å². The van der Waals surface area contributed by atoms with Gasteiger partial charge in [0.05, 0.1) is 0 Å². The molecule has 0 aromatic heterocycles. The van der Waals surface area contributed by atoms with Gasteiger partial charge in [0.1, 0.15) is 5.82 Å². The Morgan fingerprint density at radius 2 is 2.11 bits per heavy atom. The van der Waals surface area contributed by atoms with E-state index >= 15 is 0 Å². The van der Waals surface area contributed by atoms with Crippen LogP contribution in [-0.4, -0.2) is 30.6 Å². The average molecular weight is 250 g/mol. The summed E-state index contributed by atoms with van der Waals surface area (Å²) >= 11 is 0. The standard InChI is InChI=1S/C15H23FN2/c1-12-9-17-13(2)7-8-18(10-12)11-14-5-3-4-6-15(14)16/h3-6,12-13,17H,7-11H2,1-2H3. The Morgan fingerprint density at radius 3 is 2.89 bits per heavy atom. The highest BCUT2D eigenvalue weighted by Gasteiger charge is 2.17. The van der Waals surface area contributed by atoms with Gasteiger partial charge in [0.2, 0.25) is 0 Å². The maximum absolute atomic E-state index is 13.7. The van der Waals surface area contributed by atoms with Crippen LogP contribution < -0.4 is 5.32 Å². The maximum Gasteiger partial charge on any atom is 0.127 e. The number of hydrogen-bond donors (Lipinski definition) is 1. The second-order valence-corrected chi connectivity index (χ2v) is 5.53. The Hall–Kier alpha value is -0.930. The summed E-state index contributed by atoms with van der Waals surface area (Å²) in [7, 11) is 0. The molecule has 0 aliphatic carbocycles. The van der Waals surface area contributed by atoms with Gasteiger partial charge >= 0.3 is 0 Å². The molecule has 2 rings (SSSR count). The highest BCUT2D eigenvalue weighted by atomic mass is 19.1. The van der Waals surface area contributed by atoms with Crippen LogP contribution in [0.25, 0.3) is 0 Å². The first kappa shape index (κ1) is 13.5. The highest BCUT2D eigenvalue weighted by Crippen LogP contribution is 2.13. The molecule has 0 amide bonds. The minimum atomic E-state index is -0.0848. The zero-order valence-corrected chi connectivity index (χ0v) is 11.3. The van der Waals surface area contributed by atoms with Crippen molar-refractivity contribution >= 4 is 0 Å². The van der Waals surface area contributed by atoms with Crippen LogP contribution in [0, 0.1) is 11.7 Å². The molecule has 100 valence electrons. The summed E-state index contributed by atoms with van der Waals surface area (Å²) < 4.78 is 13.7. The van der Waals surface area contributed by atoms with Crippen molar-refractivity contribution in [1.29, 1.82) is 0 Å². The van der Waals surface area contributed by atoms with Crippen LogP contribution in [0.2, 0.25) is 0 Å². The van der Waals surface area contributed by atoms with Crippen molar-refractivity contribution in [2.24, 2.45) is 5.92 Å². The van der Waals surface area contributed by atoms with E-state index in [0.717, 1.165) is 38.2 Å². The molecule has 0 saturated carbocycles. The van der Waals surface area contributed by atoms with Gasteiger partial charge in [-0.1, -0.05) is 25.1 Å². The lowest BCUT2D eigenvalue weighted by molar-refractivity contribution is 0.193. The van der Waals surface area contributed by atoms with Crippen LogP contribution in [0.4, 0.5) is 4.39 Å². The SMILES string of the molecule is CC1CNC(C)CCN(Cc2ccccc2F)C1. The summed E-state index contributed by atoms with van der Waals surface area (Å²) in [5.41, 5.74) is 0.811. The van der Waals surface area contributed by atoms with Gasteiger partial charge in [0, 0.05) is 24.7 Å². The number of nitrogens with zero attached hydrogens (tertiary/aromatic N) is 1. The zero-order chi connectivity index (χ0) is 13.0. The first-order valence-corrected chi connectivity index (χ1v) is 6.84. The molecule has 2 unspecified atom stereocenters. The lowest BCUT2D eigenvalue weighted by atomic mass is 10.1. The number of nitrogens with one attached hydrogen (secondary N) is 1. The van der Waals surface area contributed by atoms with E-state index in [1.165, 1.54) is 0 Å². The lowest BCUT2D eigenvalue weighted by Gasteiger charge is -2.31. The average Bonchev–Trinajstić information content (AvgIpc) is 2.34. The molecule has 1 aromatic rings. The van der Waals surface area contributed by atoms with E-state index < -0.39 is 0 Å². The largest absolute Gasteiger partial charge is 0.314 e. The van der Waals surface area contributed by atoms with Gasteiger partial charge < -0.3 is 5.32 Å². The van der Waals surface area contributed by atoms with Crippen LogP contribution in [-0.2, 0) is 6.54 Å². The summed E-state index contributed by atoms with van der Waals surface area (Å²) in [6, 6.07) is 7.65. The van der Waals surface area contributed by atoms with Crippen LogP contribution in [0.1, 0.15) is 25.8 Å². The number of benzene rings is 1. The minimum absolute atomic E-state index is 0.0848. The molecule has 2 nitrogen and oxygen atoms in total. The van der Waals surface area contributed by atoms with Gasteiger partial charge in [-0.05, 0) is 38.4 Å². The molecule has 0 bridgehead atoms. The fraction of sp³-hybridized carbons (Fsp3) is 0.600. The van der Waals surface area contributed by atoms with Crippen molar-refractivity contribution in [2.45, 2.75) is 32.9 Å². The maximum atomic E-state index is 13.7. The topological polar surface area (TPSA) is 15.3 Å². The fourth-order valence-electron chi connectivity index (χ4n) is 2.49. The molecule has 3 heteroatoms. The number of hydrogen-bond acceptors (Lipinski definition) is 2. The van der Waals surface area contributed by atoms with E-state index in [9.17, 15) is 4.39 Å². The molecule has 1 aliphatic heterocycles. The Kier molecular flexibility index (Phi) is 4.72. The molecule has 1 N–H and O–H groups in total. The predicted octanol–water partition coefficient (Wildman–Crippen LogP) is 2.65. The molecular weight excluding hydrogens is 227 g/mol. The van der Waals surface area contributed by atoms with Crippen molar-refractivity contribution in [1.82, 2.24) is 10.2 Å². The first-order chi connectivity index (χ1) is 8.65. The van der Waals surface area contributed by atoms with Gasteiger partial charge in [-0.25, -0.2) is 4.39 Å². The lowest BCUT2D eigenvalue weighted by Crippen LogP contribution is -2.42. The molecule has 1 fully saturated rings. The molecule has 0 radical (unpaired) electrons. The molecule has 0 spiro atoms. The van der Waals surface area contributed by atoms with Gasteiger partial charge in [-0.3, -0.25) is 4.90 Å².